The van der Waals surface area contributed by atoms with Crippen LogP contribution in [0.25, 0.3) is 0 Å². The summed E-state index contributed by atoms with van der Waals surface area (Å²) >= 11 is 0. The highest BCUT2D eigenvalue weighted by Crippen LogP contribution is 2.15. The van der Waals surface area contributed by atoms with E-state index in [-0.39, 0.29) is 0 Å². The van der Waals surface area contributed by atoms with E-state index in [0.717, 1.165) is 5.92 Å². The highest BCUT2D eigenvalue weighted by atomic mass is 31.1. The van der Waals surface area contributed by atoms with Crippen LogP contribution in [0.15, 0.2) is 0 Å². The first kappa shape index (κ1) is 15.4. The van der Waals surface area contributed by atoms with E-state index in [1.165, 1.54) is 72.5 Å². The Morgan fingerprint density at radius 3 is 1.93 bits per heavy atom. The van der Waals surface area contributed by atoms with Crippen molar-refractivity contribution in [2.75, 3.05) is 12.8 Å². The van der Waals surface area contributed by atoms with Gasteiger partial charge >= 0.3 is 0 Å². The van der Waals surface area contributed by atoms with Gasteiger partial charge in [-0.3, -0.25) is 0 Å². The van der Waals surface area contributed by atoms with Crippen LogP contribution >= 0.6 is 8.58 Å². The lowest BCUT2D eigenvalue weighted by Crippen LogP contribution is -1.91. The lowest BCUT2D eigenvalue weighted by atomic mass is 10.00. The zero-order valence-corrected chi connectivity index (χ0v) is 12.1. The molecule has 0 aliphatic heterocycles. The zero-order valence-electron chi connectivity index (χ0n) is 11.1. The summed E-state index contributed by atoms with van der Waals surface area (Å²) in [6, 6.07) is 0. The van der Waals surface area contributed by atoms with Crippen molar-refractivity contribution in [1.29, 1.82) is 0 Å². The van der Waals surface area contributed by atoms with Crippen LogP contribution in [0.3, 0.4) is 0 Å². The number of hydrogen-bond acceptors (Lipinski definition) is 0. The Morgan fingerprint density at radius 1 is 0.867 bits per heavy atom. The van der Waals surface area contributed by atoms with Crippen LogP contribution in [-0.2, 0) is 0 Å². The molecular weight excluding hydrogens is 199 g/mol. The van der Waals surface area contributed by atoms with E-state index in [1.54, 1.807) is 0 Å². The van der Waals surface area contributed by atoms with Gasteiger partial charge in [-0.2, -0.15) is 0 Å². The number of unbranched alkanes of at least 4 members (excludes halogenated alkanes) is 6. The molecule has 0 aromatic rings. The molecule has 0 radical (unpaired) electrons. The molecule has 0 N–H and O–H groups in total. The van der Waals surface area contributed by atoms with Crippen molar-refractivity contribution >= 4 is 8.58 Å². The van der Waals surface area contributed by atoms with Gasteiger partial charge in [-0.1, -0.05) is 65.2 Å². The van der Waals surface area contributed by atoms with Crippen LogP contribution < -0.4 is 0 Å². The molecule has 0 aromatic carbocycles. The fourth-order valence-corrected chi connectivity index (χ4v) is 2.49. The second kappa shape index (κ2) is 12.5. The summed E-state index contributed by atoms with van der Waals surface area (Å²) in [7, 11) is 1.17. The Kier molecular flexibility index (Phi) is 12.9. The highest BCUT2D eigenvalue weighted by Gasteiger charge is 1.97. The van der Waals surface area contributed by atoms with Gasteiger partial charge in [0.25, 0.3) is 0 Å². The molecule has 0 amide bonds. The maximum Gasteiger partial charge on any atom is -0.0356 e. The topological polar surface area (TPSA) is 0 Å². The average Bonchev–Trinajstić information content (AvgIpc) is 2.26. The molecule has 0 nitrogen and oxygen atoms in total. The van der Waals surface area contributed by atoms with E-state index < -0.39 is 0 Å². The third-order valence-electron chi connectivity index (χ3n) is 3.32. The van der Waals surface area contributed by atoms with Gasteiger partial charge in [0, 0.05) is 0 Å². The second-order valence-corrected chi connectivity index (χ2v) is 6.09. The van der Waals surface area contributed by atoms with Crippen LogP contribution in [0.4, 0.5) is 0 Å². The molecule has 2 atom stereocenters. The number of hydrogen-bond donors (Lipinski definition) is 0. The van der Waals surface area contributed by atoms with Crippen LogP contribution in [0.2, 0.25) is 0 Å². The van der Waals surface area contributed by atoms with Crippen LogP contribution in [0.1, 0.15) is 71.6 Å². The summed E-state index contributed by atoms with van der Waals surface area (Å²) in [5.74, 6) is 0.954. The van der Waals surface area contributed by atoms with Gasteiger partial charge in [-0.25, -0.2) is 0 Å². The van der Waals surface area contributed by atoms with Crippen molar-refractivity contribution in [3.05, 3.63) is 0 Å². The van der Waals surface area contributed by atoms with Crippen molar-refractivity contribution in [2.45, 2.75) is 71.6 Å². The van der Waals surface area contributed by atoms with E-state index >= 15 is 0 Å². The molecule has 0 rings (SSSR count). The molecule has 92 valence electrons. The first-order valence-corrected chi connectivity index (χ1v) is 8.66. The third-order valence-corrected chi connectivity index (χ3v) is 4.17. The zero-order chi connectivity index (χ0) is 11.4. The lowest BCUT2D eigenvalue weighted by Gasteiger charge is -2.07. The Hall–Kier alpha value is 0.430. The monoisotopic (exact) mass is 230 g/mol. The first-order valence-electron chi connectivity index (χ1n) is 6.95. The van der Waals surface area contributed by atoms with Gasteiger partial charge in [-0.05, 0) is 25.2 Å². The maximum absolute atomic E-state index is 2.38. The summed E-state index contributed by atoms with van der Waals surface area (Å²) in [5, 5.41) is 0. The Labute approximate surface area is 99.4 Å². The van der Waals surface area contributed by atoms with Crippen molar-refractivity contribution in [1.82, 2.24) is 0 Å². The SMILES string of the molecule is CCC(C)CCCCCCCCCPC. The minimum Gasteiger partial charge on any atom is -0.125 e. The van der Waals surface area contributed by atoms with Crippen molar-refractivity contribution in [3.63, 3.8) is 0 Å². The van der Waals surface area contributed by atoms with Gasteiger partial charge < -0.3 is 0 Å². The molecule has 0 heterocycles. The van der Waals surface area contributed by atoms with Crippen LogP contribution in [0.5, 0.6) is 0 Å². The van der Waals surface area contributed by atoms with Gasteiger partial charge in [-0.15, -0.1) is 8.58 Å². The summed E-state index contributed by atoms with van der Waals surface area (Å²) in [4.78, 5) is 0. The predicted molar refractivity (Wildman–Crippen MR) is 75.5 cm³/mol. The Morgan fingerprint density at radius 2 is 1.40 bits per heavy atom. The van der Waals surface area contributed by atoms with E-state index in [1.807, 2.05) is 0 Å². The summed E-state index contributed by atoms with van der Waals surface area (Å²) in [6.07, 6.45) is 14.6. The Balaban J connectivity index is 2.92. The quantitative estimate of drug-likeness (QED) is 0.326. The van der Waals surface area contributed by atoms with Gasteiger partial charge in [0.1, 0.15) is 0 Å². The third kappa shape index (κ3) is 12.4. The molecule has 1 heteroatoms. The molecule has 0 saturated carbocycles. The lowest BCUT2D eigenvalue weighted by molar-refractivity contribution is 0.471. The number of rotatable bonds is 11. The first-order chi connectivity index (χ1) is 7.31. The molecule has 0 aliphatic rings. The fourth-order valence-electron chi connectivity index (χ4n) is 1.88. The van der Waals surface area contributed by atoms with Gasteiger partial charge in [0.2, 0.25) is 0 Å². The normalized spacial score (nSPS) is 13.8. The molecule has 0 bridgehead atoms. The summed E-state index contributed by atoms with van der Waals surface area (Å²) in [6.45, 7) is 7.00. The van der Waals surface area contributed by atoms with Crippen LogP contribution in [-0.4, -0.2) is 12.8 Å². The molecule has 2 unspecified atom stereocenters. The largest absolute Gasteiger partial charge is 0.125 e. The van der Waals surface area contributed by atoms with Crippen molar-refractivity contribution in [3.8, 4) is 0 Å². The summed E-state index contributed by atoms with van der Waals surface area (Å²) in [5.41, 5.74) is 0. The molecule has 0 aliphatic carbocycles. The summed E-state index contributed by atoms with van der Waals surface area (Å²) < 4.78 is 0. The fraction of sp³-hybridized carbons (Fsp3) is 1.00. The standard InChI is InChI=1S/C14H31P/c1-4-14(2)12-10-8-6-5-7-9-11-13-15-3/h14-15H,4-13H2,1-3H3. The molecule has 15 heavy (non-hydrogen) atoms. The molecule has 0 fully saturated rings. The molecule has 0 spiro atoms. The van der Waals surface area contributed by atoms with Crippen LogP contribution in [0, 0.1) is 5.92 Å². The molecular formula is C14H31P. The minimum atomic E-state index is 0.954. The van der Waals surface area contributed by atoms with Gasteiger partial charge in [0.15, 0.2) is 0 Å². The smallest absolute Gasteiger partial charge is 0.0356 e. The molecule has 0 saturated heterocycles. The second-order valence-electron chi connectivity index (χ2n) is 4.88. The Bertz CT molecular complexity index is 112. The van der Waals surface area contributed by atoms with E-state index in [4.69, 9.17) is 0 Å². The van der Waals surface area contributed by atoms with Crippen molar-refractivity contribution in [2.24, 2.45) is 5.92 Å². The predicted octanol–water partition coefficient (Wildman–Crippen LogP) is 5.46. The van der Waals surface area contributed by atoms with Gasteiger partial charge in [0.05, 0.1) is 0 Å². The van der Waals surface area contributed by atoms with E-state index in [9.17, 15) is 0 Å². The minimum absolute atomic E-state index is 0.954. The highest BCUT2D eigenvalue weighted by molar-refractivity contribution is 7.36. The van der Waals surface area contributed by atoms with Crippen molar-refractivity contribution < 1.29 is 0 Å². The van der Waals surface area contributed by atoms with E-state index in [2.05, 4.69) is 20.5 Å². The average molecular weight is 230 g/mol. The van der Waals surface area contributed by atoms with E-state index in [0.29, 0.717) is 0 Å². The molecule has 0 aromatic heterocycles. The maximum atomic E-state index is 2.38.